The maximum atomic E-state index is 10.7. The topological polar surface area (TPSA) is 35.5 Å². The SMILES string of the molecule is CCC1(COC(=O)CCl)COC1. The van der Waals surface area contributed by atoms with E-state index in [1.54, 1.807) is 0 Å². The van der Waals surface area contributed by atoms with Gasteiger partial charge in [0.05, 0.1) is 18.6 Å². The van der Waals surface area contributed by atoms with Crippen molar-refractivity contribution < 1.29 is 14.3 Å². The minimum absolute atomic E-state index is 0.0688. The van der Waals surface area contributed by atoms with Crippen LogP contribution in [0.4, 0.5) is 0 Å². The standard InChI is InChI=1S/C8H13ClO3/c1-2-8(4-11-5-8)6-12-7(10)3-9/h2-6H2,1H3. The molecule has 0 aromatic heterocycles. The predicted octanol–water partition coefficient (Wildman–Crippen LogP) is 1.20. The number of halogens is 1. The molecule has 0 aromatic carbocycles. The molecule has 0 unspecified atom stereocenters. The molecule has 0 N–H and O–H groups in total. The van der Waals surface area contributed by atoms with Crippen LogP contribution in [0.5, 0.6) is 0 Å². The van der Waals surface area contributed by atoms with E-state index in [9.17, 15) is 4.79 Å². The van der Waals surface area contributed by atoms with E-state index in [1.807, 2.05) is 0 Å². The minimum atomic E-state index is -0.351. The second-order valence-electron chi connectivity index (χ2n) is 3.14. The third kappa shape index (κ3) is 2.11. The van der Waals surface area contributed by atoms with E-state index >= 15 is 0 Å². The Morgan fingerprint density at radius 2 is 2.33 bits per heavy atom. The molecule has 0 saturated carbocycles. The van der Waals surface area contributed by atoms with Crippen molar-refractivity contribution in [2.24, 2.45) is 5.41 Å². The van der Waals surface area contributed by atoms with Crippen molar-refractivity contribution in [2.75, 3.05) is 25.7 Å². The van der Waals surface area contributed by atoms with Gasteiger partial charge in [0.1, 0.15) is 12.5 Å². The van der Waals surface area contributed by atoms with E-state index in [1.165, 1.54) is 0 Å². The maximum Gasteiger partial charge on any atom is 0.320 e. The Balaban J connectivity index is 2.24. The molecule has 70 valence electrons. The van der Waals surface area contributed by atoms with Gasteiger partial charge >= 0.3 is 5.97 Å². The van der Waals surface area contributed by atoms with Gasteiger partial charge in [0.2, 0.25) is 0 Å². The zero-order valence-corrected chi connectivity index (χ0v) is 7.89. The van der Waals surface area contributed by atoms with Gasteiger partial charge in [0, 0.05) is 0 Å². The van der Waals surface area contributed by atoms with Gasteiger partial charge < -0.3 is 9.47 Å². The molecule has 1 rings (SSSR count). The summed E-state index contributed by atoms with van der Waals surface area (Å²) in [5.41, 5.74) is 0.0711. The fourth-order valence-electron chi connectivity index (χ4n) is 1.05. The van der Waals surface area contributed by atoms with Crippen molar-refractivity contribution in [1.29, 1.82) is 0 Å². The van der Waals surface area contributed by atoms with Crippen LogP contribution in [0.15, 0.2) is 0 Å². The van der Waals surface area contributed by atoms with Crippen molar-refractivity contribution in [3.05, 3.63) is 0 Å². The first-order valence-corrected chi connectivity index (χ1v) is 4.55. The zero-order valence-electron chi connectivity index (χ0n) is 7.14. The number of rotatable bonds is 4. The van der Waals surface area contributed by atoms with Crippen LogP contribution >= 0.6 is 11.6 Å². The Morgan fingerprint density at radius 3 is 2.67 bits per heavy atom. The second-order valence-corrected chi connectivity index (χ2v) is 3.41. The molecular weight excluding hydrogens is 180 g/mol. The van der Waals surface area contributed by atoms with Gasteiger partial charge in [0.15, 0.2) is 0 Å². The van der Waals surface area contributed by atoms with Crippen molar-refractivity contribution in [1.82, 2.24) is 0 Å². The highest BCUT2D eigenvalue weighted by Gasteiger charge is 2.38. The van der Waals surface area contributed by atoms with Crippen LogP contribution in [0.1, 0.15) is 13.3 Å². The predicted molar refractivity (Wildman–Crippen MR) is 45.2 cm³/mol. The summed E-state index contributed by atoms with van der Waals surface area (Å²) < 4.78 is 10.0. The minimum Gasteiger partial charge on any atom is -0.464 e. The van der Waals surface area contributed by atoms with Gasteiger partial charge in [-0.2, -0.15) is 0 Å². The summed E-state index contributed by atoms with van der Waals surface area (Å²) in [7, 11) is 0. The number of ether oxygens (including phenoxy) is 2. The fraction of sp³-hybridized carbons (Fsp3) is 0.875. The molecule has 3 nitrogen and oxygen atoms in total. The monoisotopic (exact) mass is 192 g/mol. The van der Waals surface area contributed by atoms with Crippen molar-refractivity contribution >= 4 is 17.6 Å². The van der Waals surface area contributed by atoms with Gasteiger partial charge in [-0.15, -0.1) is 11.6 Å². The molecule has 0 atom stereocenters. The Bertz CT molecular complexity index is 160. The Labute approximate surface area is 77.0 Å². The number of hydrogen-bond donors (Lipinski definition) is 0. The van der Waals surface area contributed by atoms with Crippen LogP contribution < -0.4 is 0 Å². The Morgan fingerprint density at radius 1 is 1.67 bits per heavy atom. The lowest BCUT2D eigenvalue weighted by Crippen LogP contribution is -2.46. The molecule has 0 aliphatic carbocycles. The quantitative estimate of drug-likeness (QED) is 0.496. The molecule has 0 spiro atoms. The summed E-state index contributed by atoms with van der Waals surface area (Å²) in [6, 6.07) is 0. The third-order valence-electron chi connectivity index (χ3n) is 2.21. The smallest absolute Gasteiger partial charge is 0.320 e. The van der Waals surface area contributed by atoms with Crippen LogP contribution in [0.2, 0.25) is 0 Å². The highest BCUT2D eigenvalue weighted by molar-refractivity contribution is 6.26. The molecule has 1 heterocycles. The average molecular weight is 193 g/mol. The van der Waals surface area contributed by atoms with E-state index in [4.69, 9.17) is 21.1 Å². The van der Waals surface area contributed by atoms with E-state index < -0.39 is 0 Å². The first-order chi connectivity index (χ1) is 5.72. The summed E-state index contributed by atoms with van der Waals surface area (Å²) >= 11 is 5.28. The molecule has 0 bridgehead atoms. The molecule has 4 heteroatoms. The summed E-state index contributed by atoms with van der Waals surface area (Å²) in [5, 5.41) is 0. The Kier molecular flexibility index (Phi) is 3.35. The lowest BCUT2D eigenvalue weighted by molar-refractivity contribution is -0.168. The zero-order chi connectivity index (χ0) is 9.03. The molecule has 1 saturated heterocycles. The third-order valence-corrected chi connectivity index (χ3v) is 2.43. The number of alkyl halides is 1. The number of esters is 1. The van der Waals surface area contributed by atoms with Crippen LogP contribution in [0.25, 0.3) is 0 Å². The Hall–Kier alpha value is -0.280. The molecule has 0 radical (unpaired) electrons. The van der Waals surface area contributed by atoms with Crippen molar-refractivity contribution in [2.45, 2.75) is 13.3 Å². The van der Waals surface area contributed by atoms with E-state index in [-0.39, 0.29) is 17.3 Å². The molecule has 0 amide bonds. The largest absolute Gasteiger partial charge is 0.464 e. The summed E-state index contributed by atoms with van der Waals surface area (Å²) in [5.74, 6) is -0.419. The van der Waals surface area contributed by atoms with Crippen LogP contribution in [0, 0.1) is 5.41 Å². The molecule has 0 aromatic rings. The molecule has 12 heavy (non-hydrogen) atoms. The van der Waals surface area contributed by atoms with Crippen molar-refractivity contribution in [3.63, 3.8) is 0 Å². The van der Waals surface area contributed by atoms with Gasteiger partial charge in [-0.25, -0.2) is 0 Å². The van der Waals surface area contributed by atoms with Crippen LogP contribution in [0.3, 0.4) is 0 Å². The number of carbonyl (C=O) groups is 1. The highest BCUT2D eigenvalue weighted by atomic mass is 35.5. The second kappa shape index (κ2) is 4.10. The lowest BCUT2D eigenvalue weighted by Gasteiger charge is -2.39. The maximum absolute atomic E-state index is 10.7. The van der Waals surface area contributed by atoms with Gasteiger partial charge in [-0.05, 0) is 6.42 Å². The van der Waals surface area contributed by atoms with Crippen molar-refractivity contribution in [3.8, 4) is 0 Å². The van der Waals surface area contributed by atoms with Gasteiger partial charge in [0.25, 0.3) is 0 Å². The molecular formula is C8H13ClO3. The van der Waals surface area contributed by atoms with Crippen LogP contribution in [-0.2, 0) is 14.3 Å². The van der Waals surface area contributed by atoms with E-state index in [2.05, 4.69) is 6.92 Å². The molecule has 1 aliphatic rings. The lowest BCUT2D eigenvalue weighted by atomic mass is 9.84. The van der Waals surface area contributed by atoms with E-state index in [0.717, 1.165) is 6.42 Å². The fourth-order valence-corrected chi connectivity index (χ4v) is 1.13. The molecule has 1 aliphatic heterocycles. The first kappa shape index (κ1) is 9.81. The average Bonchev–Trinajstić information content (AvgIpc) is 2.03. The highest BCUT2D eigenvalue weighted by Crippen LogP contribution is 2.31. The molecule has 1 fully saturated rings. The summed E-state index contributed by atoms with van der Waals surface area (Å²) in [6.45, 7) is 3.89. The van der Waals surface area contributed by atoms with Gasteiger partial charge in [-0.1, -0.05) is 6.92 Å². The van der Waals surface area contributed by atoms with Crippen LogP contribution in [-0.4, -0.2) is 31.7 Å². The number of hydrogen-bond acceptors (Lipinski definition) is 3. The summed E-state index contributed by atoms with van der Waals surface area (Å²) in [6.07, 6.45) is 0.975. The number of carbonyl (C=O) groups excluding carboxylic acids is 1. The van der Waals surface area contributed by atoms with E-state index in [0.29, 0.717) is 19.8 Å². The normalized spacial score (nSPS) is 19.8. The van der Waals surface area contributed by atoms with Gasteiger partial charge in [-0.3, -0.25) is 4.79 Å². The first-order valence-electron chi connectivity index (χ1n) is 4.02. The summed E-state index contributed by atoms with van der Waals surface area (Å²) in [4.78, 5) is 10.7.